The van der Waals surface area contributed by atoms with E-state index < -0.39 is 91.8 Å². The summed E-state index contributed by atoms with van der Waals surface area (Å²) in [4.78, 5) is 50.5. The highest BCUT2D eigenvalue weighted by Gasteiger charge is 2.46. The number of carbonyl (C=O) groups excluding carboxylic acids is 4. The number of hydrogen-bond acceptors (Lipinski definition) is 13. The third kappa shape index (κ3) is 10.8. The summed E-state index contributed by atoms with van der Waals surface area (Å²) in [6.07, 6.45) is -11.6. The number of aliphatic hydroxyl groups excluding tert-OH is 3. The Balaban J connectivity index is 1.91. The first-order chi connectivity index (χ1) is 21.7. The molecule has 8 atom stereocenters. The first-order valence-corrected chi connectivity index (χ1v) is 14.6. The SMILES string of the molecule is CC(=O)OCC1OC(OC[C@H](NC(=O)OC(C)(C)C)[C@H](OC(=O)c2ccccc2)[C@@H](C)OC(=O)c2ccccc2)C(O)C(O)C1O. The van der Waals surface area contributed by atoms with Gasteiger partial charge in [0.05, 0.1) is 23.8 Å². The van der Waals surface area contributed by atoms with Crippen LogP contribution < -0.4 is 5.32 Å². The van der Waals surface area contributed by atoms with Crippen molar-refractivity contribution in [1.29, 1.82) is 0 Å². The summed E-state index contributed by atoms with van der Waals surface area (Å²) in [5.41, 5.74) is -0.535. The monoisotopic (exact) mass is 647 g/mol. The molecule has 1 heterocycles. The number of benzene rings is 2. The van der Waals surface area contributed by atoms with E-state index in [-0.39, 0.29) is 11.1 Å². The summed E-state index contributed by atoms with van der Waals surface area (Å²) < 4.78 is 33.1. The number of aliphatic hydroxyl groups is 3. The number of nitrogens with one attached hydrogen (secondary N) is 1. The predicted molar refractivity (Wildman–Crippen MR) is 159 cm³/mol. The van der Waals surface area contributed by atoms with Crippen molar-refractivity contribution in [1.82, 2.24) is 5.32 Å². The van der Waals surface area contributed by atoms with Crippen molar-refractivity contribution in [2.24, 2.45) is 0 Å². The van der Waals surface area contributed by atoms with Gasteiger partial charge in [-0.25, -0.2) is 14.4 Å². The average Bonchev–Trinajstić information content (AvgIpc) is 3.00. The summed E-state index contributed by atoms with van der Waals surface area (Å²) in [5.74, 6) is -2.21. The average molecular weight is 648 g/mol. The molecule has 0 aliphatic carbocycles. The second-order valence-corrected chi connectivity index (χ2v) is 11.6. The van der Waals surface area contributed by atoms with Gasteiger partial charge in [0.25, 0.3) is 0 Å². The van der Waals surface area contributed by atoms with Gasteiger partial charge in [-0.2, -0.15) is 0 Å². The Morgan fingerprint density at radius 1 is 0.848 bits per heavy atom. The fraction of sp³-hybridized carbons (Fsp3) is 0.500. The van der Waals surface area contributed by atoms with Crippen LogP contribution >= 0.6 is 0 Å². The number of ether oxygens (including phenoxy) is 6. The van der Waals surface area contributed by atoms with Gasteiger partial charge in [0.2, 0.25) is 0 Å². The van der Waals surface area contributed by atoms with Crippen molar-refractivity contribution < 1.29 is 62.9 Å². The van der Waals surface area contributed by atoms with Crippen LogP contribution in [0.5, 0.6) is 0 Å². The Morgan fingerprint density at radius 2 is 1.39 bits per heavy atom. The van der Waals surface area contributed by atoms with E-state index in [1.165, 1.54) is 31.2 Å². The van der Waals surface area contributed by atoms with Gasteiger partial charge in [0.15, 0.2) is 12.4 Å². The molecule has 1 amide bonds. The molecule has 14 heteroatoms. The van der Waals surface area contributed by atoms with Crippen LogP contribution in [0.4, 0.5) is 4.79 Å². The van der Waals surface area contributed by atoms with Crippen molar-refractivity contribution in [3.05, 3.63) is 71.8 Å². The summed E-state index contributed by atoms with van der Waals surface area (Å²) in [6.45, 7) is 6.50. The van der Waals surface area contributed by atoms with E-state index in [1.54, 1.807) is 57.2 Å². The van der Waals surface area contributed by atoms with Crippen molar-refractivity contribution in [3.8, 4) is 0 Å². The van der Waals surface area contributed by atoms with Gasteiger partial charge >= 0.3 is 24.0 Å². The van der Waals surface area contributed by atoms with Crippen LogP contribution in [0.1, 0.15) is 55.3 Å². The van der Waals surface area contributed by atoms with Crippen molar-refractivity contribution in [3.63, 3.8) is 0 Å². The van der Waals surface area contributed by atoms with Crippen molar-refractivity contribution in [2.75, 3.05) is 13.2 Å². The molecule has 0 saturated carbocycles. The Hall–Kier alpha value is -4.08. The van der Waals surface area contributed by atoms with Crippen LogP contribution in [0.2, 0.25) is 0 Å². The van der Waals surface area contributed by atoms with E-state index in [9.17, 15) is 34.5 Å². The molecule has 252 valence electrons. The molecule has 2 aromatic carbocycles. The van der Waals surface area contributed by atoms with Crippen molar-refractivity contribution in [2.45, 2.75) is 89.2 Å². The number of esters is 3. The number of rotatable bonds is 12. The molecule has 1 aliphatic rings. The van der Waals surface area contributed by atoms with Gasteiger partial charge < -0.3 is 49.1 Å². The Morgan fingerprint density at radius 3 is 1.91 bits per heavy atom. The minimum Gasteiger partial charge on any atom is -0.463 e. The van der Waals surface area contributed by atoms with Gasteiger partial charge in [-0.3, -0.25) is 4.79 Å². The van der Waals surface area contributed by atoms with Crippen LogP contribution in [0.15, 0.2) is 60.7 Å². The second kappa shape index (κ2) is 16.5. The summed E-state index contributed by atoms with van der Waals surface area (Å²) in [7, 11) is 0. The quantitative estimate of drug-likeness (QED) is 0.192. The lowest BCUT2D eigenvalue weighted by Crippen LogP contribution is -2.60. The Bertz CT molecular complexity index is 1300. The summed E-state index contributed by atoms with van der Waals surface area (Å²) >= 11 is 0. The van der Waals surface area contributed by atoms with Gasteiger partial charge in [-0.1, -0.05) is 36.4 Å². The number of alkyl carbamates (subject to hydrolysis) is 1. The normalized spacial score (nSPS) is 23.3. The lowest BCUT2D eigenvalue weighted by molar-refractivity contribution is -0.303. The zero-order chi connectivity index (χ0) is 34.0. The van der Waals surface area contributed by atoms with Crippen molar-refractivity contribution >= 4 is 24.0 Å². The third-order valence-corrected chi connectivity index (χ3v) is 6.68. The molecule has 0 spiro atoms. The molecule has 2 aromatic rings. The molecule has 1 saturated heterocycles. The van der Waals surface area contributed by atoms with Crippen LogP contribution in [-0.2, 0) is 33.2 Å². The molecule has 1 fully saturated rings. The summed E-state index contributed by atoms with van der Waals surface area (Å²) in [5, 5.41) is 33.9. The van der Waals surface area contributed by atoms with Crippen LogP contribution in [-0.4, -0.2) is 107 Å². The van der Waals surface area contributed by atoms with Crippen LogP contribution in [0, 0.1) is 0 Å². The molecular formula is C32H41NO13. The Labute approximate surface area is 266 Å². The van der Waals surface area contributed by atoms with Gasteiger partial charge in [0, 0.05) is 6.92 Å². The first kappa shape index (κ1) is 36.4. The zero-order valence-corrected chi connectivity index (χ0v) is 26.2. The summed E-state index contributed by atoms with van der Waals surface area (Å²) in [6, 6.07) is 14.7. The molecule has 0 aromatic heterocycles. The highest BCUT2D eigenvalue weighted by Crippen LogP contribution is 2.24. The maximum Gasteiger partial charge on any atom is 0.408 e. The topological polar surface area (TPSA) is 196 Å². The van der Waals surface area contributed by atoms with E-state index >= 15 is 0 Å². The molecule has 14 nitrogen and oxygen atoms in total. The number of carbonyl (C=O) groups is 4. The van der Waals surface area contributed by atoms with E-state index in [1.807, 2.05) is 0 Å². The number of amides is 1. The number of hydrogen-bond donors (Lipinski definition) is 4. The van der Waals surface area contributed by atoms with Gasteiger partial charge in [-0.15, -0.1) is 0 Å². The van der Waals surface area contributed by atoms with E-state index in [0.717, 1.165) is 6.92 Å². The molecular weight excluding hydrogens is 606 g/mol. The van der Waals surface area contributed by atoms with Crippen LogP contribution in [0.25, 0.3) is 0 Å². The maximum atomic E-state index is 13.2. The first-order valence-electron chi connectivity index (χ1n) is 14.6. The molecule has 4 N–H and O–H groups in total. The zero-order valence-electron chi connectivity index (χ0n) is 26.2. The minimum absolute atomic E-state index is 0.169. The molecule has 3 rings (SSSR count). The van der Waals surface area contributed by atoms with Gasteiger partial charge in [-0.05, 0) is 52.0 Å². The predicted octanol–water partition coefficient (Wildman–Crippen LogP) is 1.74. The van der Waals surface area contributed by atoms with Gasteiger partial charge in [0.1, 0.15) is 42.7 Å². The molecule has 5 unspecified atom stereocenters. The molecule has 1 aliphatic heterocycles. The molecule has 0 bridgehead atoms. The molecule has 46 heavy (non-hydrogen) atoms. The van der Waals surface area contributed by atoms with E-state index in [4.69, 9.17) is 28.4 Å². The maximum absolute atomic E-state index is 13.2. The minimum atomic E-state index is -1.77. The largest absolute Gasteiger partial charge is 0.463 e. The third-order valence-electron chi connectivity index (χ3n) is 6.68. The lowest BCUT2D eigenvalue weighted by atomic mass is 9.99. The smallest absolute Gasteiger partial charge is 0.408 e. The molecule has 0 radical (unpaired) electrons. The lowest BCUT2D eigenvalue weighted by Gasteiger charge is -2.40. The highest BCUT2D eigenvalue weighted by molar-refractivity contribution is 5.90. The fourth-order valence-electron chi connectivity index (χ4n) is 4.42. The van der Waals surface area contributed by atoms with Crippen LogP contribution in [0.3, 0.4) is 0 Å². The standard InChI is InChI=1S/C32H41NO13/c1-18(43-28(38)20-12-8-6-9-13-20)27(45-29(39)21-14-10-7-11-15-21)22(33-31(40)46-32(3,4)5)16-42-30-26(37)25(36)24(35)23(44-30)17-41-19(2)34/h6-15,18,22-27,30,35-37H,16-17H2,1-5H3,(H,33,40)/t18-,22+,23?,24?,25?,26?,27-,30?/m1/s1. The highest BCUT2D eigenvalue weighted by atomic mass is 16.7. The Kier molecular flexibility index (Phi) is 13.0. The fourth-order valence-corrected chi connectivity index (χ4v) is 4.42. The van der Waals surface area contributed by atoms with E-state index in [0.29, 0.717) is 0 Å². The van der Waals surface area contributed by atoms with E-state index in [2.05, 4.69) is 5.32 Å². The second-order valence-electron chi connectivity index (χ2n) is 11.6.